The molecular formula is C19H18N4O3S. The molecule has 0 spiro atoms. The Morgan fingerprint density at radius 3 is 3.07 bits per heavy atom. The first kappa shape index (κ1) is 18.6. The molecule has 0 aromatic carbocycles. The number of hydrogen-bond acceptors (Lipinski definition) is 6. The summed E-state index contributed by atoms with van der Waals surface area (Å²) in [6.07, 6.45) is 7.83. The molecule has 1 aliphatic carbocycles. The average Bonchev–Trinajstić information content (AvgIpc) is 3.01. The first-order chi connectivity index (χ1) is 13.1. The van der Waals surface area contributed by atoms with Gasteiger partial charge >= 0.3 is 6.09 Å². The van der Waals surface area contributed by atoms with Gasteiger partial charge in [0.25, 0.3) is 0 Å². The third-order valence-electron chi connectivity index (χ3n) is 4.29. The Morgan fingerprint density at radius 1 is 1.52 bits per heavy atom. The Balaban J connectivity index is 1.70. The molecule has 8 heteroatoms. The van der Waals surface area contributed by atoms with Gasteiger partial charge in [0.1, 0.15) is 11.1 Å². The largest absolute Gasteiger partial charge is 0.449 e. The maximum Gasteiger partial charge on any atom is 0.404 e. The van der Waals surface area contributed by atoms with Gasteiger partial charge in [-0.3, -0.25) is 9.78 Å². The molecular weight excluding hydrogens is 364 g/mol. The molecule has 0 aliphatic heterocycles. The van der Waals surface area contributed by atoms with Gasteiger partial charge in [-0.25, -0.2) is 4.79 Å². The zero-order chi connectivity index (χ0) is 19.2. The zero-order valence-corrected chi connectivity index (χ0v) is 15.3. The lowest BCUT2D eigenvalue weighted by Gasteiger charge is -2.21. The summed E-state index contributed by atoms with van der Waals surface area (Å²) in [5.74, 6) is -0.133. The Kier molecular flexibility index (Phi) is 5.84. The number of pyridine rings is 1. The highest BCUT2D eigenvalue weighted by Crippen LogP contribution is 2.39. The van der Waals surface area contributed by atoms with Gasteiger partial charge in [-0.05, 0) is 48.4 Å². The van der Waals surface area contributed by atoms with E-state index >= 15 is 0 Å². The SMILES string of the molecule is N#Cc1c(NC(=O)/C=C/c2cccnc2)sc2c1CCC(COC(N)=O)C2. The smallest absolute Gasteiger partial charge is 0.404 e. The van der Waals surface area contributed by atoms with Crippen LogP contribution in [-0.2, 0) is 22.4 Å². The number of hydrogen-bond donors (Lipinski definition) is 2. The summed E-state index contributed by atoms with van der Waals surface area (Å²) in [5, 5.41) is 12.9. The Bertz CT molecular complexity index is 915. The highest BCUT2D eigenvalue weighted by Gasteiger charge is 2.26. The number of aromatic nitrogens is 1. The third-order valence-corrected chi connectivity index (χ3v) is 5.46. The summed E-state index contributed by atoms with van der Waals surface area (Å²) in [7, 11) is 0. The van der Waals surface area contributed by atoms with Gasteiger partial charge in [-0.15, -0.1) is 11.3 Å². The predicted octanol–water partition coefficient (Wildman–Crippen LogP) is 2.87. The summed E-state index contributed by atoms with van der Waals surface area (Å²) in [6.45, 7) is 0.268. The minimum Gasteiger partial charge on any atom is -0.449 e. The van der Waals surface area contributed by atoms with Crippen molar-refractivity contribution in [3.05, 3.63) is 52.2 Å². The summed E-state index contributed by atoms with van der Waals surface area (Å²) in [4.78, 5) is 28.0. The number of primary amides is 1. The van der Waals surface area contributed by atoms with E-state index in [-0.39, 0.29) is 18.4 Å². The third kappa shape index (κ3) is 4.71. The molecule has 27 heavy (non-hydrogen) atoms. The van der Waals surface area contributed by atoms with E-state index in [0.717, 1.165) is 22.4 Å². The van der Waals surface area contributed by atoms with E-state index in [9.17, 15) is 14.9 Å². The lowest BCUT2D eigenvalue weighted by Crippen LogP contribution is -2.23. The van der Waals surface area contributed by atoms with Crippen molar-refractivity contribution in [3.63, 3.8) is 0 Å². The minimum absolute atomic E-state index is 0.171. The second-order valence-corrected chi connectivity index (χ2v) is 7.27. The van der Waals surface area contributed by atoms with Gasteiger partial charge < -0.3 is 15.8 Å². The van der Waals surface area contributed by atoms with Crippen molar-refractivity contribution in [2.75, 3.05) is 11.9 Å². The number of nitrogens with two attached hydrogens (primary N) is 1. The lowest BCUT2D eigenvalue weighted by atomic mass is 9.88. The van der Waals surface area contributed by atoms with Crippen LogP contribution >= 0.6 is 11.3 Å². The standard InChI is InChI=1S/C19H18N4O3S/c20-9-15-14-5-3-13(11-26-19(21)25)8-16(14)27-18(15)23-17(24)6-4-12-2-1-7-22-10-12/h1-2,4,6-7,10,13H,3,5,8,11H2,(H2,21,25)(H,23,24)/b6-4+. The molecule has 1 atom stereocenters. The van der Waals surface area contributed by atoms with Crippen molar-refractivity contribution >= 4 is 34.4 Å². The minimum atomic E-state index is -0.780. The van der Waals surface area contributed by atoms with Gasteiger partial charge in [0.05, 0.1) is 12.2 Å². The van der Waals surface area contributed by atoms with Crippen LogP contribution in [0, 0.1) is 17.2 Å². The molecule has 7 nitrogen and oxygen atoms in total. The predicted molar refractivity (Wildman–Crippen MR) is 102 cm³/mol. The fourth-order valence-electron chi connectivity index (χ4n) is 3.00. The van der Waals surface area contributed by atoms with E-state index in [0.29, 0.717) is 23.4 Å². The number of nitriles is 1. The molecule has 3 rings (SSSR count). The summed E-state index contributed by atoms with van der Waals surface area (Å²) in [5.41, 5.74) is 7.33. The molecule has 0 fully saturated rings. The van der Waals surface area contributed by atoms with Gasteiger partial charge in [-0.2, -0.15) is 5.26 Å². The molecule has 2 aromatic rings. The number of rotatable bonds is 5. The fraction of sp³-hybridized carbons (Fsp3) is 0.263. The summed E-state index contributed by atoms with van der Waals surface area (Å²) in [6, 6.07) is 5.84. The first-order valence-electron chi connectivity index (χ1n) is 8.42. The van der Waals surface area contributed by atoms with Crippen LogP contribution in [0.4, 0.5) is 9.80 Å². The van der Waals surface area contributed by atoms with Gasteiger partial charge in [-0.1, -0.05) is 6.07 Å². The highest BCUT2D eigenvalue weighted by atomic mass is 32.1. The molecule has 1 unspecified atom stereocenters. The van der Waals surface area contributed by atoms with E-state index < -0.39 is 6.09 Å². The number of anilines is 1. The van der Waals surface area contributed by atoms with Crippen LogP contribution in [0.5, 0.6) is 0 Å². The van der Waals surface area contributed by atoms with Crippen molar-refractivity contribution in [2.24, 2.45) is 11.7 Å². The molecule has 3 N–H and O–H groups in total. The van der Waals surface area contributed by atoms with Crippen LogP contribution in [-0.4, -0.2) is 23.6 Å². The average molecular weight is 382 g/mol. The summed E-state index contributed by atoms with van der Waals surface area (Å²) < 4.78 is 4.89. The highest BCUT2D eigenvalue weighted by molar-refractivity contribution is 7.16. The number of carbonyl (C=O) groups excluding carboxylic acids is 2. The van der Waals surface area contributed by atoms with Crippen LogP contribution in [0.25, 0.3) is 6.08 Å². The van der Waals surface area contributed by atoms with Crippen LogP contribution in [0.3, 0.4) is 0 Å². The van der Waals surface area contributed by atoms with E-state index in [1.165, 1.54) is 17.4 Å². The number of nitrogens with zero attached hydrogens (tertiary/aromatic N) is 2. The normalized spacial score (nSPS) is 15.7. The molecule has 138 valence electrons. The number of thiophene rings is 1. The molecule has 0 bridgehead atoms. The lowest BCUT2D eigenvalue weighted by molar-refractivity contribution is -0.111. The van der Waals surface area contributed by atoms with E-state index in [2.05, 4.69) is 16.4 Å². The number of fused-ring (bicyclic) bond motifs is 1. The fourth-order valence-corrected chi connectivity index (χ4v) is 4.32. The topological polar surface area (TPSA) is 118 Å². The van der Waals surface area contributed by atoms with Crippen molar-refractivity contribution in [1.29, 1.82) is 5.26 Å². The Hall–Kier alpha value is -3.18. The molecule has 0 saturated carbocycles. The van der Waals surface area contributed by atoms with Crippen molar-refractivity contribution < 1.29 is 14.3 Å². The number of ether oxygens (including phenoxy) is 1. The van der Waals surface area contributed by atoms with Crippen LogP contribution in [0.2, 0.25) is 0 Å². The Labute approximate surface area is 160 Å². The maximum absolute atomic E-state index is 12.2. The van der Waals surface area contributed by atoms with Crippen molar-refractivity contribution in [2.45, 2.75) is 19.3 Å². The van der Waals surface area contributed by atoms with Crippen molar-refractivity contribution in [1.82, 2.24) is 4.98 Å². The molecule has 0 saturated heterocycles. The number of nitrogens with one attached hydrogen (secondary N) is 1. The van der Waals surface area contributed by atoms with Crippen LogP contribution in [0.1, 0.15) is 28.0 Å². The van der Waals surface area contributed by atoms with Gasteiger partial charge in [0, 0.05) is 23.3 Å². The molecule has 2 amide bonds. The molecule has 0 radical (unpaired) electrons. The second-order valence-electron chi connectivity index (χ2n) is 6.17. The zero-order valence-electron chi connectivity index (χ0n) is 14.5. The van der Waals surface area contributed by atoms with E-state index in [1.807, 2.05) is 6.07 Å². The molecule has 2 aromatic heterocycles. The molecule has 1 aliphatic rings. The van der Waals surface area contributed by atoms with Crippen LogP contribution < -0.4 is 11.1 Å². The maximum atomic E-state index is 12.2. The number of amides is 2. The summed E-state index contributed by atoms with van der Waals surface area (Å²) >= 11 is 1.40. The first-order valence-corrected chi connectivity index (χ1v) is 9.24. The second kappa shape index (κ2) is 8.47. The van der Waals surface area contributed by atoms with E-state index in [4.69, 9.17) is 10.5 Å². The van der Waals surface area contributed by atoms with Crippen molar-refractivity contribution in [3.8, 4) is 6.07 Å². The van der Waals surface area contributed by atoms with Gasteiger partial charge in [0.2, 0.25) is 5.91 Å². The monoisotopic (exact) mass is 382 g/mol. The number of carbonyl (C=O) groups is 2. The molecule has 2 heterocycles. The van der Waals surface area contributed by atoms with E-state index in [1.54, 1.807) is 24.5 Å². The Morgan fingerprint density at radius 2 is 2.37 bits per heavy atom. The van der Waals surface area contributed by atoms with Gasteiger partial charge in [0.15, 0.2) is 0 Å². The quantitative estimate of drug-likeness (QED) is 0.771. The van der Waals surface area contributed by atoms with Crippen LogP contribution in [0.15, 0.2) is 30.6 Å².